The number of fused-ring (bicyclic) bond motifs is 1. The monoisotopic (exact) mass is 303 g/mol. The minimum Gasteiger partial charge on any atom is -0.305 e. The maximum atomic E-state index is 6.11. The molecule has 1 atom stereocenters. The van der Waals surface area contributed by atoms with E-state index in [1.807, 2.05) is 23.9 Å². The van der Waals surface area contributed by atoms with Crippen molar-refractivity contribution in [3.8, 4) is 0 Å². The molecule has 0 aliphatic carbocycles. The minimum atomic E-state index is 0.131. The van der Waals surface area contributed by atoms with Gasteiger partial charge in [-0.1, -0.05) is 6.92 Å². The van der Waals surface area contributed by atoms with Crippen LogP contribution in [0.3, 0.4) is 0 Å². The first kappa shape index (κ1) is 14.1. The summed E-state index contributed by atoms with van der Waals surface area (Å²) in [7, 11) is 1.96. The van der Waals surface area contributed by atoms with E-state index in [0.29, 0.717) is 5.88 Å². The van der Waals surface area contributed by atoms with Crippen molar-refractivity contribution in [2.45, 2.75) is 32.2 Å². The van der Waals surface area contributed by atoms with Gasteiger partial charge in [0.2, 0.25) is 0 Å². The van der Waals surface area contributed by atoms with Crippen LogP contribution in [0.25, 0.3) is 11.2 Å². The fraction of sp³-hybridized carbons (Fsp3) is 0.400. The first-order chi connectivity index (χ1) is 10.2. The molecule has 3 heterocycles. The SMILES string of the molecule is CCc1nn(C)c2c1nc(CCl)n2C(C)c1ccncc1. The van der Waals surface area contributed by atoms with Crippen LogP contribution in [-0.2, 0) is 19.3 Å². The Morgan fingerprint density at radius 2 is 2.00 bits per heavy atom. The quantitative estimate of drug-likeness (QED) is 0.696. The molecule has 3 aromatic rings. The number of rotatable bonds is 4. The molecule has 0 amide bonds. The van der Waals surface area contributed by atoms with E-state index in [-0.39, 0.29) is 6.04 Å². The first-order valence-corrected chi connectivity index (χ1v) is 7.59. The fourth-order valence-electron chi connectivity index (χ4n) is 2.78. The molecule has 3 rings (SSSR count). The summed E-state index contributed by atoms with van der Waals surface area (Å²) in [6, 6.07) is 4.17. The standard InChI is InChI=1S/C15H18ClN5/c1-4-12-14-15(20(3)19-12)21(13(9-16)18-14)10(2)11-5-7-17-8-6-11/h5-8,10H,4,9H2,1-3H3. The second-order valence-electron chi connectivity index (χ2n) is 5.08. The Hall–Kier alpha value is -1.88. The van der Waals surface area contributed by atoms with Crippen LogP contribution in [0.2, 0.25) is 0 Å². The van der Waals surface area contributed by atoms with Gasteiger partial charge in [0.05, 0.1) is 17.6 Å². The molecule has 0 radical (unpaired) electrons. The third kappa shape index (κ3) is 2.21. The van der Waals surface area contributed by atoms with Gasteiger partial charge in [-0.05, 0) is 31.0 Å². The number of aryl methyl sites for hydroxylation is 2. The van der Waals surface area contributed by atoms with Crippen LogP contribution in [-0.4, -0.2) is 24.3 Å². The van der Waals surface area contributed by atoms with Crippen LogP contribution >= 0.6 is 11.6 Å². The van der Waals surface area contributed by atoms with Gasteiger partial charge in [0.15, 0.2) is 5.65 Å². The van der Waals surface area contributed by atoms with Gasteiger partial charge in [-0.2, -0.15) is 5.10 Å². The topological polar surface area (TPSA) is 48.5 Å². The average molecular weight is 304 g/mol. The largest absolute Gasteiger partial charge is 0.305 e. The van der Waals surface area contributed by atoms with Gasteiger partial charge in [-0.15, -0.1) is 11.6 Å². The molecule has 0 saturated carbocycles. The van der Waals surface area contributed by atoms with E-state index in [9.17, 15) is 0 Å². The zero-order valence-electron chi connectivity index (χ0n) is 12.4. The second kappa shape index (κ2) is 5.48. The molecule has 0 fully saturated rings. The Labute approximate surface area is 128 Å². The number of halogens is 1. The molecule has 110 valence electrons. The highest BCUT2D eigenvalue weighted by Gasteiger charge is 2.22. The van der Waals surface area contributed by atoms with Crippen molar-refractivity contribution in [2.24, 2.45) is 7.05 Å². The van der Waals surface area contributed by atoms with Gasteiger partial charge >= 0.3 is 0 Å². The molecule has 0 aliphatic rings. The number of hydrogen-bond acceptors (Lipinski definition) is 3. The van der Waals surface area contributed by atoms with Gasteiger partial charge < -0.3 is 4.57 Å². The Morgan fingerprint density at radius 3 is 2.62 bits per heavy atom. The summed E-state index contributed by atoms with van der Waals surface area (Å²) in [5.41, 5.74) is 4.16. The molecule has 0 saturated heterocycles. The number of pyridine rings is 1. The van der Waals surface area contributed by atoms with Crippen LogP contribution in [0, 0.1) is 0 Å². The normalized spacial score (nSPS) is 13.0. The summed E-state index contributed by atoms with van der Waals surface area (Å²) in [5.74, 6) is 1.26. The molecule has 1 unspecified atom stereocenters. The third-order valence-corrected chi connectivity index (χ3v) is 4.08. The van der Waals surface area contributed by atoms with E-state index in [1.165, 1.54) is 5.56 Å². The minimum absolute atomic E-state index is 0.131. The summed E-state index contributed by atoms with van der Waals surface area (Å²) in [4.78, 5) is 8.78. The molecule has 0 aliphatic heterocycles. The molecular formula is C15H18ClN5. The molecule has 21 heavy (non-hydrogen) atoms. The highest BCUT2D eigenvalue weighted by Crippen LogP contribution is 2.28. The average Bonchev–Trinajstić information content (AvgIpc) is 3.05. The van der Waals surface area contributed by atoms with E-state index in [0.717, 1.165) is 29.1 Å². The lowest BCUT2D eigenvalue weighted by Crippen LogP contribution is -2.12. The van der Waals surface area contributed by atoms with Gasteiger partial charge in [0.25, 0.3) is 0 Å². The summed E-state index contributed by atoms with van der Waals surface area (Å²) in [5, 5.41) is 4.56. The summed E-state index contributed by atoms with van der Waals surface area (Å²) in [6.45, 7) is 4.23. The van der Waals surface area contributed by atoms with Gasteiger partial charge in [-0.25, -0.2) is 4.98 Å². The van der Waals surface area contributed by atoms with Crippen LogP contribution in [0.15, 0.2) is 24.5 Å². The summed E-state index contributed by atoms with van der Waals surface area (Å²) < 4.78 is 4.07. The Morgan fingerprint density at radius 1 is 1.29 bits per heavy atom. The zero-order chi connectivity index (χ0) is 15.0. The first-order valence-electron chi connectivity index (χ1n) is 7.05. The lowest BCUT2D eigenvalue weighted by molar-refractivity contribution is 0.606. The molecule has 0 aromatic carbocycles. The smallest absolute Gasteiger partial charge is 0.159 e. The van der Waals surface area contributed by atoms with Crippen molar-refractivity contribution in [1.29, 1.82) is 0 Å². The van der Waals surface area contributed by atoms with E-state index in [2.05, 4.69) is 28.5 Å². The number of aromatic nitrogens is 5. The Bertz CT molecular complexity index is 759. The van der Waals surface area contributed by atoms with Crippen molar-refractivity contribution >= 4 is 22.8 Å². The van der Waals surface area contributed by atoms with Crippen molar-refractivity contribution in [2.75, 3.05) is 0 Å². The zero-order valence-corrected chi connectivity index (χ0v) is 13.2. The van der Waals surface area contributed by atoms with Crippen molar-refractivity contribution in [3.05, 3.63) is 41.6 Å². The van der Waals surface area contributed by atoms with E-state index >= 15 is 0 Å². The van der Waals surface area contributed by atoms with E-state index in [4.69, 9.17) is 16.6 Å². The molecule has 0 spiro atoms. The maximum absolute atomic E-state index is 6.11. The Kier molecular flexibility index (Phi) is 3.68. The number of imidazole rings is 1. The van der Waals surface area contributed by atoms with Crippen molar-refractivity contribution < 1.29 is 0 Å². The molecule has 5 nitrogen and oxygen atoms in total. The van der Waals surface area contributed by atoms with Crippen LogP contribution in [0.4, 0.5) is 0 Å². The van der Waals surface area contributed by atoms with Gasteiger partial charge in [0.1, 0.15) is 11.3 Å². The van der Waals surface area contributed by atoms with Crippen LogP contribution < -0.4 is 0 Å². The molecule has 6 heteroatoms. The van der Waals surface area contributed by atoms with E-state index < -0.39 is 0 Å². The summed E-state index contributed by atoms with van der Waals surface area (Å²) >= 11 is 6.11. The number of hydrogen-bond donors (Lipinski definition) is 0. The summed E-state index contributed by atoms with van der Waals surface area (Å²) in [6.07, 6.45) is 4.47. The fourth-order valence-corrected chi connectivity index (χ4v) is 2.97. The maximum Gasteiger partial charge on any atom is 0.159 e. The van der Waals surface area contributed by atoms with Gasteiger partial charge in [0, 0.05) is 19.4 Å². The van der Waals surface area contributed by atoms with Crippen LogP contribution in [0.5, 0.6) is 0 Å². The Balaban J connectivity index is 2.23. The highest BCUT2D eigenvalue weighted by molar-refractivity contribution is 6.16. The predicted octanol–water partition coefficient (Wildman–Crippen LogP) is 3.08. The van der Waals surface area contributed by atoms with Crippen LogP contribution in [0.1, 0.15) is 37.0 Å². The molecule has 3 aromatic heterocycles. The molecule has 0 N–H and O–H groups in total. The number of alkyl halides is 1. The lowest BCUT2D eigenvalue weighted by Gasteiger charge is -2.17. The highest BCUT2D eigenvalue weighted by atomic mass is 35.5. The van der Waals surface area contributed by atoms with Crippen molar-refractivity contribution in [1.82, 2.24) is 24.3 Å². The van der Waals surface area contributed by atoms with E-state index in [1.54, 1.807) is 12.4 Å². The number of nitrogens with zero attached hydrogens (tertiary/aromatic N) is 5. The van der Waals surface area contributed by atoms with Gasteiger partial charge in [-0.3, -0.25) is 9.67 Å². The molecule has 0 bridgehead atoms. The predicted molar refractivity (Wildman–Crippen MR) is 83.5 cm³/mol. The second-order valence-corrected chi connectivity index (χ2v) is 5.35. The third-order valence-electron chi connectivity index (χ3n) is 3.84. The van der Waals surface area contributed by atoms with Crippen molar-refractivity contribution in [3.63, 3.8) is 0 Å². The lowest BCUT2D eigenvalue weighted by atomic mass is 10.1. The molecular weight excluding hydrogens is 286 g/mol.